The van der Waals surface area contributed by atoms with Gasteiger partial charge in [0.05, 0.1) is 19.2 Å². The Balaban J connectivity index is 2.28. The van der Waals surface area contributed by atoms with Gasteiger partial charge in [0.2, 0.25) is 0 Å². The topological polar surface area (TPSA) is 52.3 Å². The lowest BCUT2D eigenvalue weighted by molar-refractivity contribution is -0.142. The third-order valence-electron chi connectivity index (χ3n) is 2.20. The quantitative estimate of drug-likeness (QED) is 0.582. The summed E-state index contributed by atoms with van der Waals surface area (Å²) < 4.78 is 9.60. The predicted octanol–water partition coefficient (Wildman–Crippen LogP) is 0.877. The van der Waals surface area contributed by atoms with Crippen molar-refractivity contribution in [3.05, 3.63) is 17.5 Å². The average molecular weight is 167 g/mol. The smallest absolute Gasteiger partial charge is 0.313 e. The number of rotatable bonds is 1. The highest BCUT2D eigenvalue weighted by Crippen LogP contribution is 2.33. The molecule has 0 unspecified atom stereocenters. The van der Waals surface area contributed by atoms with Crippen LogP contribution in [0.2, 0.25) is 0 Å². The third kappa shape index (κ3) is 0.913. The first-order valence-electron chi connectivity index (χ1n) is 3.84. The molecule has 1 aliphatic rings. The van der Waals surface area contributed by atoms with Gasteiger partial charge in [-0.05, 0) is 6.42 Å². The molecule has 0 fully saturated rings. The molecule has 1 aromatic rings. The van der Waals surface area contributed by atoms with E-state index in [1.54, 1.807) is 6.20 Å². The molecule has 0 amide bonds. The highest BCUT2D eigenvalue weighted by molar-refractivity contribution is 5.79. The lowest BCUT2D eigenvalue weighted by Gasteiger charge is -2.04. The van der Waals surface area contributed by atoms with Crippen molar-refractivity contribution in [2.45, 2.75) is 18.8 Å². The molecular weight excluding hydrogens is 158 g/mol. The van der Waals surface area contributed by atoms with Crippen LogP contribution in [0, 0.1) is 0 Å². The minimum Gasteiger partial charge on any atom is -0.469 e. The summed E-state index contributed by atoms with van der Waals surface area (Å²) in [5.41, 5.74) is 0.891. The first kappa shape index (κ1) is 7.34. The zero-order valence-electron chi connectivity index (χ0n) is 6.74. The maximum Gasteiger partial charge on any atom is 0.313 e. The van der Waals surface area contributed by atoms with Gasteiger partial charge in [-0.15, -0.1) is 0 Å². The molecule has 0 saturated heterocycles. The molecule has 0 saturated carbocycles. The van der Waals surface area contributed by atoms with Gasteiger partial charge in [0.15, 0.2) is 0 Å². The Labute approximate surface area is 69.5 Å². The minimum atomic E-state index is -0.197. The lowest BCUT2D eigenvalue weighted by atomic mass is 10.1. The largest absolute Gasteiger partial charge is 0.469 e. The Morgan fingerprint density at radius 3 is 3.42 bits per heavy atom. The summed E-state index contributed by atoms with van der Waals surface area (Å²) in [7, 11) is 1.40. The summed E-state index contributed by atoms with van der Waals surface area (Å²) in [5, 5.41) is 3.63. The van der Waals surface area contributed by atoms with E-state index in [2.05, 4.69) is 9.89 Å². The number of carbonyl (C=O) groups excluding carboxylic acids is 1. The SMILES string of the molecule is COC(=O)[C@@H]1CCc2oncc21. The molecule has 0 N–H and O–H groups in total. The maximum absolute atomic E-state index is 11.2. The number of nitrogens with zero attached hydrogens (tertiary/aromatic N) is 1. The van der Waals surface area contributed by atoms with Crippen molar-refractivity contribution < 1.29 is 14.1 Å². The van der Waals surface area contributed by atoms with Crippen LogP contribution in [0.1, 0.15) is 23.7 Å². The van der Waals surface area contributed by atoms with E-state index < -0.39 is 0 Å². The first-order chi connectivity index (χ1) is 5.83. The number of hydrogen-bond donors (Lipinski definition) is 0. The third-order valence-corrected chi connectivity index (χ3v) is 2.20. The van der Waals surface area contributed by atoms with Crippen LogP contribution in [0.25, 0.3) is 0 Å². The Morgan fingerprint density at radius 2 is 2.67 bits per heavy atom. The number of hydrogen-bond acceptors (Lipinski definition) is 4. The van der Waals surface area contributed by atoms with Gasteiger partial charge in [-0.3, -0.25) is 4.79 Å². The summed E-state index contributed by atoms with van der Waals surface area (Å²) in [5.74, 6) is 0.471. The van der Waals surface area contributed by atoms with Gasteiger partial charge in [-0.25, -0.2) is 0 Å². The molecule has 12 heavy (non-hydrogen) atoms. The Bertz CT molecular complexity index is 305. The number of esters is 1. The fourth-order valence-corrected chi connectivity index (χ4v) is 1.56. The van der Waals surface area contributed by atoms with Crippen LogP contribution in [-0.2, 0) is 16.0 Å². The number of ether oxygens (including phenoxy) is 1. The summed E-state index contributed by atoms with van der Waals surface area (Å²) in [6.07, 6.45) is 3.17. The number of methoxy groups -OCH3 is 1. The van der Waals surface area contributed by atoms with Crippen LogP contribution < -0.4 is 0 Å². The number of carbonyl (C=O) groups is 1. The maximum atomic E-state index is 11.2. The number of aromatic nitrogens is 1. The standard InChI is InChI=1S/C8H9NO3/c1-11-8(10)5-2-3-7-6(5)4-9-12-7/h4-5H,2-3H2,1H3/t5-/m1/s1. The number of aryl methyl sites for hydroxylation is 1. The fourth-order valence-electron chi connectivity index (χ4n) is 1.56. The van der Waals surface area contributed by atoms with Gasteiger partial charge in [-0.1, -0.05) is 5.16 Å². The zero-order valence-corrected chi connectivity index (χ0v) is 6.74. The molecule has 1 heterocycles. The van der Waals surface area contributed by atoms with Crippen LogP contribution in [0.15, 0.2) is 10.7 Å². The second-order valence-electron chi connectivity index (χ2n) is 2.82. The number of fused-ring (bicyclic) bond motifs is 1. The van der Waals surface area contributed by atoms with E-state index in [1.165, 1.54) is 7.11 Å². The van der Waals surface area contributed by atoms with Gasteiger partial charge < -0.3 is 9.26 Å². The molecule has 1 atom stereocenters. The van der Waals surface area contributed by atoms with Crippen molar-refractivity contribution in [1.29, 1.82) is 0 Å². The van der Waals surface area contributed by atoms with E-state index >= 15 is 0 Å². The van der Waals surface area contributed by atoms with Crippen LogP contribution in [-0.4, -0.2) is 18.2 Å². The molecule has 0 aromatic carbocycles. The molecule has 64 valence electrons. The second kappa shape index (κ2) is 2.62. The van der Waals surface area contributed by atoms with Gasteiger partial charge in [0, 0.05) is 12.0 Å². The molecule has 0 bridgehead atoms. The summed E-state index contributed by atoms with van der Waals surface area (Å²) in [4.78, 5) is 11.2. The van der Waals surface area contributed by atoms with Crippen molar-refractivity contribution in [3.63, 3.8) is 0 Å². The Kier molecular flexibility index (Phi) is 1.60. The molecule has 4 nitrogen and oxygen atoms in total. The highest BCUT2D eigenvalue weighted by Gasteiger charge is 2.32. The van der Waals surface area contributed by atoms with Crippen molar-refractivity contribution in [2.75, 3.05) is 7.11 Å². The molecule has 0 aliphatic heterocycles. The van der Waals surface area contributed by atoms with Gasteiger partial charge in [0.1, 0.15) is 5.76 Å². The minimum absolute atomic E-state index is 0.156. The summed E-state index contributed by atoms with van der Waals surface area (Å²) >= 11 is 0. The van der Waals surface area contributed by atoms with E-state index in [9.17, 15) is 4.79 Å². The van der Waals surface area contributed by atoms with E-state index in [0.29, 0.717) is 0 Å². The van der Waals surface area contributed by atoms with Crippen LogP contribution >= 0.6 is 0 Å². The first-order valence-corrected chi connectivity index (χ1v) is 3.84. The highest BCUT2D eigenvalue weighted by atomic mass is 16.5. The summed E-state index contributed by atoms with van der Waals surface area (Å²) in [6, 6.07) is 0. The molecule has 1 aliphatic carbocycles. The zero-order chi connectivity index (χ0) is 8.55. The molecular formula is C8H9NO3. The lowest BCUT2D eigenvalue weighted by Crippen LogP contribution is -2.10. The van der Waals surface area contributed by atoms with Crippen molar-refractivity contribution >= 4 is 5.97 Å². The van der Waals surface area contributed by atoms with E-state index in [4.69, 9.17) is 4.52 Å². The summed E-state index contributed by atoms with van der Waals surface area (Å²) in [6.45, 7) is 0. The van der Waals surface area contributed by atoms with Crippen molar-refractivity contribution in [2.24, 2.45) is 0 Å². The molecule has 1 aromatic heterocycles. The van der Waals surface area contributed by atoms with Gasteiger partial charge in [-0.2, -0.15) is 0 Å². The monoisotopic (exact) mass is 167 g/mol. The molecule has 2 rings (SSSR count). The second-order valence-corrected chi connectivity index (χ2v) is 2.82. The van der Waals surface area contributed by atoms with Gasteiger partial charge >= 0.3 is 5.97 Å². The van der Waals surface area contributed by atoms with E-state index in [0.717, 1.165) is 24.2 Å². The molecule has 4 heteroatoms. The van der Waals surface area contributed by atoms with Crippen LogP contribution in [0.5, 0.6) is 0 Å². The fraction of sp³-hybridized carbons (Fsp3) is 0.500. The Hall–Kier alpha value is -1.32. The van der Waals surface area contributed by atoms with Crippen molar-refractivity contribution in [3.8, 4) is 0 Å². The van der Waals surface area contributed by atoms with Crippen LogP contribution in [0.3, 0.4) is 0 Å². The molecule has 0 spiro atoms. The predicted molar refractivity (Wildman–Crippen MR) is 39.6 cm³/mol. The molecule has 0 radical (unpaired) electrons. The van der Waals surface area contributed by atoms with E-state index in [-0.39, 0.29) is 11.9 Å². The van der Waals surface area contributed by atoms with E-state index in [1.807, 2.05) is 0 Å². The average Bonchev–Trinajstić information content (AvgIpc) is 2.62. The van der Waals surface area contributed by atoms with Gasteiger partial charge in [0.25, 0.3) is 0 Å². The van der Waals surface area contributed by atoms with Crippen LogP contribution in [0.4, 0.5) is 0 Å². The Morgan fingerprint density at radius 1 is 1.83 bits per heavy atom. The normalized spacial score (nSPS) is 20.6. The van der Waals surface area contributed by atoms with Crippen molar-refractivity contribution in [1.82, 2.24) is 5.16 Å².